The fourth-order valence-corrected chi connectivity index (χ4v) is 1.59. The van der Waals surface area contributed by atoms with E-state index in [1.54, 1.807) is 0 Å². The fraction of sp³-hybridized carbons (Fsp3) is 0.667. The third kappa shape index (κ3) is 3.45. The molecule has 0 amide bonds. The number of piperazine rings is 1. The van der Waals surface area contributed by atoms with E-state index in [0.29, 0.717) is 0 Å². The summed E-state index contributed by atoms with van der Waals surface area (Å²) in [5.41, 5.74) is 1.04. The molecule has 0 bridgehead atoms. The molecule has 1 aliphatic heterocycles. The highest BCUT2D eigenvalue weighted by Gasteiger charge is 2.15. The molecule has 0 saturated carbocycles. The van der Waals surface area contributed by atoms with Crippen molar-refractivity contribution in [1.29, 1.82) is 0 Å². The van der Waals surface area contributed by atoms with Crippen LogP contribution in [0.15, 0.2) is 12.3 Å². The molecule has 2 rings (SSSR count). The van der Waals surface area contributed by atoms with Gasteiger partial charge in [0, 0.05) is 38.1 Å². The van der Waals surface area contributed by atoms with E-state index in [4.69, 9.17) is 0 Å². The molecule has 1 aromatic rings. The van der Waals surface area contributed by atoms with Crippen LogP contribution in [0.2, 0.25) is 0 Å². The number of hydrogen-bond donors (Lipinski definition) is 0. The number of rotatable bonds is 1. The van der Waals surface area contributed by atoms with Crippen LogP contribution in [0.5, 0.6) is 0 Å². The van der Waals surface area contributed by atoms with E-state index in [0.717, 1.165) is 37.8 Å². The number of nitrogens with zero attached hydrogens (tertiary/aromatic N) is 4. The maximum absolute atomic E-state index is 4.42. The topological polar surface area (TPSA) is 32.3 Å². The van der Waals surface area contributed by atoms with Gasteiger partial charge in [-0.3, -0.25) is 0 Å². The van der Waals surface area contributed by atoms with Crippen molar-refractivity contribution in [2.24, 2.45) is 0 Å². The SMILES string of the molecule is CC.Cc1ccnc(N2CCN(C)CC2)n1. The predicted octanol–water partition coefficient (Wildman–Crippen LogP) is 1.56. The number of hydrogen-bond acceptors (Lipinski definition) is 4. The third-order valence-corrected chi connectivity index (χ3v) is 2.57. The molecule has 0 spiro atoms. The second-order valence-corrected chi connectivity index (χ2v) is 3.79. The zero-order chi connectivity index (χ0) is 12.0. The molecule has 1 aliphatic rings. The first-order valence-electron chi connectivity index (χ1n) is 5.99. The lowest BCUT2D eigenvalue weighted by Crippen LogP contribution is -2.45. The van der Waals surface area contributed by atoms with Crippen molar-refractivity contribution in [3.05, 3.63) is 18.0 Å². The summed E-state index contributed by atoms with van der Waals surface area (Å²) in [4.78, 5) is 13.3. The zero-order valence-corrected chi connectivity index (χ0v) is 10.8. The van der Waals surface area contributed by atoms with Crippen LogP contribution in [-0.2, 0) is 0 Å². The lowest BCUT2D eigenvalue weighted by molar-refractivity contribution is 0.311. The van der Waals surface area contributed by atoms with Crippen molar-refractivity contribution in [3.8, 4) is 0 Å². The van der Waals surface area contributed by atoms with Crippen molar-refractivity contribution < 1.29 is 0 Å². The minimum Gasteiger partial charge on any atom is -0.338 e. The molecule has 90 valence electrons. The summed E-state index contributed by atoms with van der Waals surface area (Å²) in [6.45, 7) is 10.2. The second-order valence-electron chi connectivity index (χ2n) is 3.79. The van der Waals surface area contributed by atoms with Crippen molar-refractivity contribution in [2.45, 2.75) is 20.8 Å². The molecule has 0 atom stereocenters. The molecule has 4 heteroatoms. The summed E-state index contributed by atoms with van der Waals surface area (Å²) in [5, 5.41) is 0. The van der Waals surface area contributed by atoms with Gasteiger partial charge in [-0.05, 0) is 20.0 Å². The first kappa shape index (κ1) is 12.9. The Hall–Kier alpha value is -1.16. The highest BCUT2D eigenvalue weighted by atomic mass is 15.3. The Labute approximate surface area is 98.3 Å². The highest BCUT2D eigenvalue weighted by molar-refractivity contribution is 5.30. The minimum absolute atomic E-state index is 0.873. The van der Waals surface area contributed by atoms with Crippen LogP contribution in [0.4, 0.5) is 5.95 Å². The summed E-state index contributed by atoms with van der Waals surface area (Å²) < 4.78 is 0. The highest BCUT2D eigenvalue weighted by Crippen LogP contribution is 2.09. The van der Waals surface area contributed by atoms with E-state index < -0.39 is 0 Å². The van der Waals surface area contributed by atoms with E-state index in [-0.39, 0.29) is 0 Å². The Morgan fingerprint density at radius 3 is 2.31 bits per heavy atom. The van der Waals surface area contributed by atoms with E-state index >= 15 is 0 Å². The first-order chi connectivity index (χ1) is 7.75. The maximum atomic E-state index is 4.42. The summed E-state index contributed by atoms with van der Waals surface area (Å²) >= 11 is 0. The fourth-order valence-electron chi connectivity index (χ4n) is 1.59. The quantitative estimate of drug-likeness (QED) is 0.722. The second kappa shape index (κ2) is 6.43. The van der Waals surface area contributed by atoms with Gasteiger partial charge >= 0.3 is 0 Å². The summed E-state index contributed by atoms with van der Waals surface area (Å²) in [5.74, 6) is 0.873. The van der Waals surface area contributed by atoms with Gasteiger partial charge in [0.05, 0.1) is 0 Å². The molecular formula is C12H22N4. The predicted molar refractivity (Wildman–Crippen MR) is 67.8 cm³/mol. The van der Waals surface area contributed by atoms with E-state index in [9.17, 15) is 0 Å². The van der Waals surface area contributed by atoms with Crippen LogP contribution in [0, 0.1) is 6.92 Å². The number of aromatic nitrogens is 2. The Kier molecular flexibility index (Phi) is 5.19. The van der Waals surface area contributed by atoms with Crippen molar-refractivity contribution in [1.82, 2.24) is 14.9 Å². The van der Waals surface area contributed by atoms with Crippen LogP contribution < -0.4 is 4.90 Å². The average molecular weight is 222 g/mol. The normalized spacial score (nSPS) is 16.6. The largest absolute Gasteiger partial charge is 0.338 e. The van der Waals surface area contributed by atoms with Crippen molar-refractivity contribution >= 4 is 5.95 Å². The van der Waals surface area contributed by atoms with Crippen molar-refractivity contribution in [3.63, 3.8) is 0 Å². The molecule has 2 heterocycles. The molecule has 0 aliphatic carbocycles. The standard InChI is InChI=1S/C10H16N4.C2H6/c1-9-3-4-11-10(12-9)14-7-5-13(2)6-8-14;1-2/h3-4H,5-8H2,1-2H3;1-2H3. The molecular weight excluding hydrogens is 200 g/mol. The Bertz CT molecular complexity index is 306. The minimum atomic E-state index is 0.873. The van der Waals surface area contributed by atoms with Gasteiger partial charge in [-0.1, -0.05) is 13.8 Å². The molecule has 4 nitrogen and oxygen atoms in total. The van der Waals surface area contributed by atoms with Gasteiger partial charge in [-0.2, -0.15) is 0 Å². The van der Waals surface area contributed by atoms with E-state index in [1.165, 1.54) is 0 Å². The molecule has 0 N–H and O–H groups in total. The molecule has 1 aromatic heterocycles. The van der Waals surface area contributed by atoms with Gasteiger partial charge in [0.25, 0.3) is 0 Å². The van der Waals surface area contributed by atoms with Gasteiger partial charge < -0.3 is 9.80 Å². The third-order valence-electron chi connectivity index (χ3n) is 2.57. The van der Waals surface area contributed by atoms with Gasteiger partial charge in [0.2, 0.25) is 5.95 Å². The molecule has 1 saturated heterocycles. The van der Waals surface area contributed by atoms with Crippen LogP contribution >= 0.6 is 0 Å². The molecule has 0 aromatic carbocycles. The zero-order valence-electron chi connectivity index (χ0n) is 10.8. The van der Waals surface area contributed by atoms with E-state index in [2.05, 4.69) is 26.8 Å². The Morgan fingerprint density at radius 2 is 1.75 bits per heavy atom. The molecule has 0 unspecified atom stereocenters. The summed E-state index contributed by atoms with van der Waals surface area (Å²) in [6.07, 6.45) is 1.83. The molecule has 0 radical (unpaired) electrons. The van der Waals surface area contributed by atoms with Gasteiger partial charge in [-0.25, -0.2) is 9.97 Å². The van der Waals surface area contributed by atoms with Crippen LogP contribution in [0.1, 0.15) is 19.5 Å². The maximum Gasteiger partial charge on any atom is 0.225 e. The van der Waals surface area contributed by atoms with Crippen LogP contribution in [0.3, 0.4) is 0 Å². The van der Waals surface area contributed by atoms with Crippen LogP contribution in [0.25, 0.3) is 0 Å². The Morgan fingerprint density at radius 1 is 1.12 bits per heavy atom. The van der Waals surface area contributed by atoms with Gasteiger partial charge in [-0.15, -0.1) is 0 Å². The lowest BCUT2D eigenvalue weighted by atomic mass is 10.3. The molecule has 1 fully saturated rings. The van der Waals surface area contributed by atoms with Gasteiger partial charge in [0.1, 0.15) is 0 Å². The summed E-state index contributed by atoms with van der Waals surface area (Å²) in [7, 11) is 2.15. The van der Waals surface area contributed by atoms with Crippen LogP contribution in [-0.4, -0.2) is 48.1 Å². The summed E-state index contributed by atoms with van der Waals surface area (Å²) in [6, 6.07) is 1.93. The van der Waals surface area contributed by atoms with E-state index in [1.807, 2.05) is 33.0 Å². The Balaban J connectivity index is 0.000000606. The number of likely N-dealkylation sites (N-methyl/N-ethyl adjacent to an activating group) is 1. The first-order valence-corrected chi connectivity index (χ1v) is 5.99. The van der Waals surface area contributed by atoms with Crippen molar-refractivity contribution in [2.75, 3.05) is 38.1 Å². The average Bonchev–Trinajstić information content (AvgIpc) is 2.32. The monoisotopic (exact) mass is 222 g/mol. The molecule has 16 heavy (non-hydrogen) atoms. The smallest absolute Gasteiger partial charge is 0.225 e. The lowest BCUT2D eigenvalue weighted by Gasteiger charge is -2.32. The van der Waals surface area contributed by atoms with Gasteiger partial charge in [0.15, 0.2) is 0 Å². The number of anilines is 1. The number of aryl methyl sites for hydroxylation is 1.